The molecule has 0 saturated heterocycles. The molecule has 4 nitrogen and oxygen atoms in total. The number of carbonyl (C=O) groups is 1. The van der Waals surface area contributed by atoms with E-state index in [2.05, 4.69) is 28.1 Å². The van der Waals surface area contributed by atoms with Crippen molar-refractivity contribution in [3.8, 4) is 0 Å². The molecular formula is C18H22N2O2S. The highest BCUT2D eigenvalue weighted by Crippen LogP contribution is 2.30. The van der Waals surface area contributed by atoms with Gasteiger partial charge in [0.05, 0.1) is 18.7 Å². The van der Waals surface area contributed by atoms with Crippen LogP contribution in [-0.2, 0) is 22.4 Å². The van der Waals surface area contributed by atoms with Crippen molar-refractivity contribution in [2.24, 2.45) is 4.99 Å². The van der Waals surface area contributed by atoms with Crippen LogP contribution in [0, 0.1) is 0 Å². The van der Waals surface area contributed by atoms with E-state index >= 15 is 0 Å². The number of rotatable bonds is 7. The first kappa shape index (κ1) is 16.1. The molecule has 0 aliphatic carbocycles. The van der Waals surface area contributed by atoms with Crippen molar-refractivity contribution in [2.75, 3.05) is 36.6 Å². The minimum absolute atomic E-state index is 0.147. The van der Waals surface area contributed by atoms with Gasteiger partial charge in [-0.3, -0.25) is 9.79 Å². The molecule has 0 amide bonds. The number of aliphatic imine (C=N–C) groups is 1. The average Bonchev–Trinajstić information content (AvgIpc) is 3.18. The molecular weight excluding hydrogens is 308 g/mol. The first-order chi connectivity index (χ1) is 11.3. The van der Waals surface area contributed by atoms with E-state index in [1.165, 1.54) is 11.3 Å². The van der Waals surface area contributed by atoms with Gasteiger partial charge in [0.1, 0.15) is 6.61 Å². The Bertz CT molecular complexity index is 640. The van der Waals surface area contributed by atoms with Crippen LogP contribution in [0.25, 0.3) is 0 Å². The van der Waals surface area contributed by atoms with Crippen molar-refractivity contribution >= 4 is 29.6 Å². The van der Waals surface area contributed by atoms with Crippen LogP contribution in [0.3, 0.4) is 0 Å². The lowest BCUT2D eigenvalue weighted by atomic mass is 10.1. The summed E-state index contributed by atoms with van der Waals surface area (Å²) in [7, 11) is 0. The SMILES string of the molecule is CSCCOC(=O)Cc1ccc2c(c1)N(CC1=CCC=N1)CC2. The summed E-state index contributed by atoms with van der Waals surface area (Å²) in [4.78, 5) is 18.6. The fourth-order valence-corrected chi connectivity index (χ4v) is 3.18. The van der Waals surface area contributed by atoms with E-state index in [9.17, 15) is 4.79 Å². The predicted molar refractivity (Wildman–Crippen MR) is 96.6 cm³/mol. The van der Waals surface area contributed by atoms with Gasteiger partial charge in [0, 0.05) is 30.6 Å². The van der Waals surface area contributed by atoms with E-state index in [0.29, 0.717) is 13.0 Å². The second-order valence-electron chi connectivity index (χ2n) is 5.77. The Kier molecular flexibility index (Phi) is 5.39. The van der Waals surface area contributed by atoms with Crippen LogP contribution in [0.1, 0.15) is 17.5 Å². The summed E-state index contributed by atoms with van der Waals surface area (Å²) in [5, 5.41) is 0. The van der Waals surface area contributed by atoms with Gasteiger partial charge < -0.3 is 9.64 Å². The van der Waals surface area contributed by atoms with Gasteiger partial charge in [-0.1, -0.05) is 18.2 Å². The van der Waals surface area contributed by atoms with Crippen LogP contribution in [0.15, 0.2) is 35.0 Å². The molecule has 2 aliphatic heterocycles. The van der Waals surface area contributed by atoms with Gasteiger partial charge in [-0.15, -0.1) is 0 Å². The Balaban J connectivity index is 1.63. The van der Waals surface area contributed by atoms with Crippen molar-refractivity contribution in [3.05, 3.63) is 41.1 Å². The molecule has 0 N–H and O–H groups in total. The van der Waals surface area contributed by atoms with Crippen molar-refractivity contribution < 1.29 is 9.53 Å². The van der Waals surface area contributed by atoms with Crippen molar-refractivity contribution in [1.29, 1.82) is 0 Å². The maximum atomic E-state index is 11.9. The third kappa shape index (κ3) is 4.16. The summed E-state index contributed by atoms with van der Waals surface area (Å²) in [5.41, 5.74) is 4.75. The molecule has 122 valence electrons. The number of hydrogen-bond donors (Lipinski definition) is 0. The number of thioether (sulfide) groups is 1. The van der Waals surface area contributed by atoms with Gasteiger partial charge in [0.25, 0.3) is 0 Å². The summed E-state index contributed by atoms with van der Waals surface area (Å²) in [6.07, 6.45) is 8.48. The van der Waals surface area contributed by atoms with Crippen LogP contribution in [0.2, 0.25) is 0 Å². The highest BCUT2D eigenvalue weighted by atomic mass is 32.2. The molecule has 1 aromatic rings. The van der Waals surface area contributed by atoms with Gasteiger partial charge in [0.15, 0.2) is 0 Å². The van der Waals surface area contributed by atoms with Gasteiger partial charge >= 0.3 is 5.97 Å². The lowest BCUT2D eigenvalue weighted by Gasteiger charge is -2.19. The van der Waals surface area contributed by atoms with Crippen LogP contribution in [-0.4, -0.2) is 43.9 Å². The monoisotopic (exact) mass is 330 g/mol. The zero-order valence-electron chi connectivity index (χ0n) is 13.5. The zero-order valence-corrected chi connectivity index (χ0v) is 14.3. The van der Waals surface area contributed by atoms with Crippen LogP contribution in [0.4, 0.5) is 5.69 Å². The first-order valence-corrected chi connectivity index (χ1v) is 9.38. The highest BCUT2D eigenvalue weighted by Gasteiger charge is 2.21. The smallest absolute Gasteiger partial charge is 0.310 e. The maximum Gasteiger partial charge on any atom is 0.310 e. The summed E-state index contributed by atoms with van der Waals surface area (Å²) in [6, 6.07) is 6.33. The fourth-order valence-electron chi connectivity index (χ4n) is 2.93. The maximum absolute atomic E-state index is 11.9. The topological polar surface area (TPSA) is 41.9 Å². The molecule has 0 spiro atoms. The summed E-state index contributed by atoms with van der Waals surface area (Å²) in [5.74, 6) is 0.700. The summed E-state index contributed by atoms with van der Waals surface area (Å²) in [6.45, 7) is 2.36. The predicted octanol–water partition coefficient (Wildman–Crippen LogP) is 2.86. The van der Waals surface area contributed by atoms with Gasteiger partial charge in [-0.2, -0.15) is 11.8 Å². The molecule has 1 aromatic carbocycles. The molecule has 0 unspecified atom stereocenters. The van der Waals surface area contributed by atoms with E-state index in [-0.39, 0.29) is 5.97 Å². The minimum atomic E-state index is -0.147. The number of ether oxygens (including phenoxy) is 1. The zero-order chi connectivity index (χ0) is 16.1. The number of anilines is 1. The summed E-state index contributed by atoms with van der Waals surface area (Å²) < 4.78 is 5.24. The highest BCUT2D eigenvalue weighted by molar-refractivity contribution is 7.98. The minimum Gasteiger partial charge on any atom is -0.465 e. The molecule has 23 heavy (non-hydrogen) atoms. The third-order valence-corrected chi connectivity index (χ3v) is 4.68. The molecule has 0 atom stereocenters. The normalized spacial score (nSPS) is 15.7. The van der Waals surface area contributed by atoms with E-state index in [4.69, 9.17) is 4.74 Å². The van der Waals surface area contributed by atoms with E-state index in [1.54, 1.807) is 11.8 Å². The molecule has 0 radical (unpaired) electrons. The lowest BCUT2D eigenvalue weighted by Crippen LogP contribution is -2.22. The quantitative estimate of drug-likeness (QED) is 0.569. The number of benzene rings is 1. The van der Waals surface area contributed by atoms with E-state index in [1.807, 2.05) is 18.5 Å². The fraction of sp³-hybridized carbons (Fsp3) is 0.444. The standard InChI is InChI=1S/C18H22N2O2S/c1-23-10-9-22-18(21)12-14-4-5-15-6-8-20(17(15)11-14)13-16-3-2-7-19-16/h3-5,7,11H,2,6,8-10,12-13H2,1H3. The van der Waals surface area contributed by atoms with Gasteiger partial charge in [-0.05, 0) is 29.9 Å². The third-order valence-electron chi connectivity index (χ3n) is 4.11. The number of nitrogens with zero attached hydrogens (tertiary/aromatic N) is 2. The molecule has 0 bridgehead atoms. The summed E-state index contributed by atoms with van der Waals surface area (Å²) >= 11 is 1.68. The molecule has 2 heterocycles. The number of allylic oxidation sites excluding steroid dienone is 1. The Morgan fingerprint density at radius 1 is 1.43 bits per heavy atom. The molecule has 0 fully saturated rings. The molecule has 5 heteroatoms. The lowest BCUT2D eigenvalue weighted by molar-refractivity contribution is -0.142. The second kappa shape index (κ2) is 7.68. The van der Waals surface area contributed by atoms with E-state index < -0.39 is 0 Å². The van der Waals surface area contributed by atoms with Crippen molar-refractivity contribution in [3.63, 3.8) is 0 Å². The first-order valence-electron chi connectivity index (χ1n) is 7.99. The van der Waals surface area contributed by atoms with Gasteiger partial charge in [-0.25, -0.2) is 0 Å². The largest absolute Gasteiger partial charge is 0.465 e. The van der Waals surface area contributed by atoms with Crippen LogP contribution < -0.4 is 4.90 Å². The number of esters is 1. The van der Waals surface area contributed by atoms with Crippen molar-refractivity contribution in [1.82, 2.24) is 0 Å². The number of fused-ring (bicyclic) bond motifs is 1. The van der Waals surface area contributed by atoms with Crippen molar-refractivity contribution in [2.45, 2.75) is 19.3 Å². The Hall–Kier alpha value is -1.75. The number of carbonyl (C=O) groups excluding carboxylic acids is 1. The number of hydrogen-bond acceptors (Lipinski definition) is 5. The molecule has 3 rings (SSSR count). The Morgan fingerprint density at radius 2 is 2.35 bits per heavy atom. The van der Waals surface area contributed by atoms with Gasteiger partial charge in [0.2, 0.25) is 0 Å². The van der Waals surface area contributed by atoms with Crippen LogP contribution >= 0.6 is 11.8 Å². The molecule has 0 aromatic heterocycles. The Morgan fingerprint density at radius 3 is 3.13 bits per heavy atom. The molecule has 0 saturated carbocycles. The Labute approximate surface area is 141 Å². The van der Waals surface area contributed by atoms with E-state index in [0.717, 1.165) is 42.9 Å². The molecule has 2 aliphatic rings. The average molecular weight is 330 g/mol. The van der Waals surface area contributed by atoms with Crippen LogP contribution in [0.5, 0.6) is 0 Å². The second-order valence-corrected chi connectivity index (χ2v) is 6.75.